The summed E-state index contributed by atoms with van der Waals surface area (Å²) in [6.07, 6.45) is 8.80. The number of halogens is 1. The van der Waals surface area contributed by atoms with Gasteiger partial charge in [0.15, 0.2) is 0 Å². The van der Waals surface area contributed by atoms with Gasteiger partial charge in [-0.2, -0.15) is 30.3 Å². The molecule has 5 nitrogen and oxygen atoms in total. The Morgan fingerprint density at radius 2 is 2.19 bits per heavy atom. The molecule has 0 bridgehead atoms. The van der Waals surface area contributed by atoms with Gasteiger partial charge in [0.05, 0.1) is 0 Å². The molecule has 8 heteroatoms. The predicted molar refractivity (Wildman–Crippen MR) is 117 cm³/mol. The fourth-order valence-electron chi connectivity index (χ4n) is 4.55. The van der Waals surface area contributed by atoms with Crippen LogP contribution in [0.1, 0.15) is 54.0 Å². The second kappa shape index (κ2) is 9.75. The van der Waals surface area contributed by atoms with Gasteiger partial charge in [-0.25, -0.2) is 0 Å². The summed E-state index contributed by atoms with van der Waals surface area (Å²) < 4.78 is 3.01. The van der Waals surface area contributed by atoms with Gasteiger partial charge in [-0.3, -0.25) is 0 Å². The number of aromatic amines is 1. The van der Waals surface area contributed by atoms with E-state index in [0.29, 0.717) is 16.7 Å². The predicted octanol–water partition coefficient (Wildman–Crippen LogP) is 0.633. The molecule has 0 unspecified atom stereocenters. The monoisotopic (exact) mass is 526 g/mol. The molecule has 31 heavy (non-hydrogen) atoms. The van der Waals surface area contributed by atoms with E-state index in [-0.39, 0.29) is 29.3 Å². The molecular weight excluding hydrogens is 505 g/mol. The van der Waals surface area contributed by atoms with Crippen LogP contribution in [-0.2, 0) is 21.4 Å². The van der Waals surface area contributed by atoms with Gasteiger partial charge in [0, 0.05) is 12.5 Å². The Labute approximate surface area is 214 Å². The topological polar surface area (TPSA) is 63.6 Å². The summed E-state index contributed by atoms with van der Waals surface area (Å²) in [5.74, 6) is 1.11. The maximum Gasteiger partial charge on any atom is 1.00 e. The minimum absolute atomic E-state index is 0. The number of hydrogen-bond acceptors (Lipinski definition) is 3. The van der Waals surface area contributed by atoms with Gasteiger partial charge in [0.25, 0.3) is 0 Å². The Hall–Kier alpha value is -1.19. The maximum absolute atomic E-state index is 10.4. The minimum atomic E-state index is 0. The second-order valence-electron chi connectivity index (χ2n) is 8.23. The number of benzene rings is 1. The average Bonchev–Trinajstić information content (AvgIpc) is 3.20. The zero-order chi connectivity index (χ0) is 21.4. The summed E-state index contributed by atoms with van der Waals surface area (Å²) in [6, 6.07) is 13.3. The maximum atomic E-state index is 10.4. The average molecular weight is 527 g/mol. The van der Waals surface area contributed by atoms with Crippen LogP contribution in [0.15, 0.2) is 36.7 Å². The molecular formula is C23H21ClInLiN4O-2. The molecule has 3 aromatic rings. The van der Waals surface area contributed by atoms with Crippen LogP contribution < -0.4 is 18.9 Å². The molecule has 5 rings (SSSR count). The van der Waals surface area contributed by atoms with Crippen LogP contribution in [0.5, 0.6) is 0 Å². The Morgan fingerprint density at radius 1 is 1.45 bits per heavy atom. The van der Waals surface area contributed by atoms with Gasteiger partial charge < -0.3 is 4.57 Å². The molecule has 2 aromatic heterocycles. The van der Waals surface area contributed by atoms with Crippen molar-refractivity contribution >= 4 is 47.3 Å². The van der Waals surface area contributed by atoms with E-state index >= 15 is 0 Å². The number of carbonyl (C=O) groups excluding carboxylic acids is 1. The molecule has 0 amide bonds. The molecule has 2 aliphatic carbocycles. The van der Waals surface area contributed by atoms with E-state index in [0.717, 1.165) is 40.1 Å². The van der Waals surface area contributed by atoms with E-state index in [9.17, 15) is 4.79 Å². The van der Waals surface area contributed by atoms with Crippen LogP contribution in [-0.4, -0.2) is 50.4 Å². The standard InChI is InChI=1S/C15H16N3.C8H5ClNO.In.Li/c1-18-11-16-17-13(18)15(9-14(10-15)7-8-14)12-5-3-2-4-6-12;1-5-3-7(6(2)9)8(4-11)10-5;;/h2-3,5-6,11H,7-10H2,1H3;2-3,10H,1H2;;/q-1;-2;;+1. The smallest absolute Gasteiger partial charge is 1.00 e. The van der Waals surface area contributed by atoms with Crippen molar-refractivity contribution in [3.05, 3.63) is 77.6 Å². The summed E-state index contributed by atoms with van der Waals surface area (Å²) >= 11 is 6.66. The van der Waals surface area contributed by atoms with Crippen molar-refractivity contribution in [1.82, 2.24) is 19.7 Å². The Kier molecular flexibility index (Phi) is 7.69. The molecule has 1 aromatic carbocycles. The SMILES string of the molecule is Cn1cnnc1C1(c2c[c-]ccc2)CC2(CC2)C1.[CH-]=C(Cl)c1cc([CH2][In])[nH]c1[C-]=O.[Li+]. The van der Waals surface area contributed by atoms with Gasteiger partial charge >= 0.3 is 110 Å². The normalized spacial score (nSPS) is 17.0. The molecule has 2 fully saturated rings. The van der Waals surface area contributed by atoms with Crippen molar-refractivity contribution in [3.63, 3.8) is 0 Å². The fraction of sp³-hybridized carbons (Fsp3) is 0.348. The van der Waals surface area contributed by atoms with E-state index in [1.807, 2.05) is 19.4 Å². The van der Waals surface area contributed by atoms with Crippen LogP contribution in [0.2, 0.25) is 0 Å². The molecule has 1 spiro atoms. The van der Waals surface area contributed by atoms with Crippen LogP contribution in [0.3, 0.4) is 0 Å². The molecule has 2 radical (unpaired) electrons. The van der Waals surface area contributed by atoms with Crippen LogP contribution in [0.4, 0.5) is 0 Å². The third-order valence-electron chi connectivity index (χ3n) is 6.16. The number of aryl methyl sites for hydroxylation is 1. The van der Waals surface area contributed by atoms with Gasteiger partial charge in [-0.1, -0.05) is 0 Å². The molecule has 2 heterocycles. The first-order valence-corrected chi connectivity index (χ1v) is 12.5. The van der Waals surface area contributed by atoms with E-state index in [4.69, 9.17) is 18.2 Å². The molecule has 2 aliphatic rings. The van der Waals surface area contributed by atoms with Crippen molar-refractivity contribution in [2.24, 2.45) is 12.5 Å². The largest absolute Gasteiger partial charge is 1.00 e. The number of H-pyrrole nitrogens is 1. The van der Waals surface area contributed by atoms with Crippen molar-refractivity contribution in [3.8, 4) is 0 Å². The third kappa shape index (κ3) is 4.78. The minimum Gasteiger partial charge on any atom is 1.00 e. The van der Waals surface area contributed by atoms with Crippen LogP contribution >= 0.6 is 11.6 Å². The zero-order valence-electron chi connectivity index (χ0n) is 17.8. The number of nitrogens with one attached hydrogen (secondary N) is 1. The Bertz CT molecular complexity index is 1070. The van der Waals surface area contributed by atoms with E-state index in [1.165, 1.54) is 31.2 Å². The van der Waals surface area contributed by atoms with Crippen molar-refractivity contribution in [1.29, 1.82) is 0 Å². The Morgan fingerprint density at radius 3 is 2.65 bits per heavy atom. The molecule has 2 saturated carbocycles. The van der Waals surface area contributed by atoms with Crippen molar-refractivity contribution in [2.45, 2.75) is 35.3 Å². The summed E-state index contributed by atoms with van der Waals surface area (Å²) in [5.41, 5.74) is 3.93. The molecule has 0 atom stereocenters. The van der Waals surface area contributed by atoms with Crippen LogP contribution in [0.25, 0.3) is 5.03 Å². The number of hydrogen-bond donors (Lipinski definition) is 1. The quantitative estimate of drug-likeness (QED) is 0.392. The summed E-state index contributed by atoms with van der Waals surface area (Å²) in [7, 11) is 2.04. The Balaban J connectivity index is 0.000000185. The summed E-state index contributed by atoms with van der Waals surface area (Å²) in [4.78, 5) is 13.3. The zero-order valence-corrected chi connectivity index (χ0v) is 21.8. The summed E-state index contributed by atoms with van der Waals surface area (Å²) in [5, 5.41) is 8.57. The van der Waals surface area contributed by atoms with Gasteiger partial charge in [0.2, 0.25) is 0 Å². The first kappa shape index (κ1) is 24.4. The van der Waals surface area contributed by atoms with Crippen molar-refractivity contribution in [2.75, 3.05) is 0 Å². The second-order valence-corrected chi connectivity index (χ2v) is 9.80. The van der Waals surface area contributed by atoms with Crippen molar-refractivity contribution < 1.29 is 23.7 Å². The number of nitrogens with zero attached hydrogens (tertiary/aromatic N) is 3. The van der Waals surface area contributed by atoms with Crippen LogP contribution in [0, 0.1) is 18.1 Å². The van der Waals surface area contributed by atoms with E-state index in [1.54, 1.807) is 12.4 Å². The van der Waals surface area contributed by atoms with Gasteiger partial charge in [0.1, 0.15) is 12.2 Å². The first-order valence-electron chi connectivity index (χ1n) is 9.82. The summed E-state index contributed by atoms with van der Waals surface area (Å²) in [6.45, 7) is 5.35. The number of rotatable bonds is 5. The molecule has 1 N–H and O–H groups in total. The third-order valence-corrected chi connectivity index (χ3v) is 7.62. The number of aromatic nitrogens is 4. The van der Waals surface area contributed by atoms with Gasteiger partial charge in [-0.05, 0) is 31.1 Å². The van der Waals surface area contributed by atoms with E-state index < -0.39 is 0 Å². The molecule has 0 aliphatic heterocycles. The first-order chi connectivity index (χ1) is 14.4. The van der Waals surface area contributed by atoms with E-state index in [2.05, 4.69) is 44.0 Å². The molecule has 152 valence electrons. The molecule has 0 saturated heterocycles. The fourth-order valence-corrected chi connectivity index (χ4v) is 5.32. The van der Waals surface area contributed by atoms with Gasteiger partial charge in [-0.15, -0.1) is 15.8 Å².